The molecule has 0 nitrogen and oxygen atoms in total. The SMILES string of the molecule is CSc1ccccc1P(c1ccccc1)c1c(F)c(F)c(F)c(F)c1F. The topological polar surface area (TPSA) is 0 Å². The molecule has 1 atom stereocenters. The van der Waals surface area contributed by atoms with Gasteiger partial charge in [0, 0.05) is 4.90 Å². The Hall–Kier alpha value is -1.91. The highest BCUT2D eigenvalue weighted by Gasteiger charge is 2.32. The maximum Gasteiger partial charge on any atom is 0.200 e. The quantitative estimate of drug-likeness (QED) is 0.199. The van der Waals surface area contributed by atoms with E-state index in [9.17, 15) is 22.0 Å². The Morgan fingerprint density at radius 3 is 1.73 bits per heavy atom. The van der Waals surface area contributed by atoms with E-state index in [2.05, 4.69) is 0 Å². The van der Waals surface area contributed by atoms with Crippen LogP contribution in [0.3, 0.4) is 0 Å². The fraction of sp³-hybridized carbons (Fsp3) is 0.0526. The van der Waals surface area contributed by atoms with Gasteiger partial charge in [0.25, 0.3) is 0 Å². The molecular formula is C19H12F5PS. The van der Waals surface area contributed by atoms with Crippen molar-refractivity contribution in [2.24, 2.45) is 0 Å². The van der Waals surface area contributed by atoms with Crippen LogP contribution in [-0.4, -0.2) is 6.26 Å². The highest BCUT2D eigenvalue weighted by Crippen LogP contribution is 2.39. The van der Waals surface area contributed by atoms with Crippen molar-refractivity contribution in [1.82, 2.24) is 0 Å². The lowest BCUT2D eigenvalue weighted by Gasteiger charge is -2.23. The zero-order chi connectivity index (χ0) is 18.8. The first kappa shape index (κ1) is 18.9. The van der Waals surface area contributed by atoms with Gasteiger partial charge in [0.1, 0.15) is 0 Å². The molecule has 3 aromatic carbocycles. The molecule has 0 saturated heterocycles. The molecule has 3 aromatic rings. The van der Waals surface area contributed by atoms with Crippen molar-refractivity contribution in [3.63, 3.8) is 0 Å². The summed E-state index contributed by atoms with van der Waals surface area (Å²) in [5.41, 5.74) is 0. The lowest BCUT2D eigenvalue weighted by molar-refractivity contribution is 0.384. The summed E-state index contributed by atoms with van der Waals surface area (Å²) in [5.74, 6) is -9.57. The highest BCUT2D eigenvalue weighted by atomic mass is 32.2. The van der Waals surface area contributed by atoms with Crippen LogP contribution in [0.4, 0.5) is 22.0 Å². The van der Waals surface area contributed by atoms with Gasteiger partial charge in [-0.2, -0.15) is 0 Å². The Labute approximate surface area is 152 Å². The van der Waals surface area contributed by atoms with Crippen molar-refractivity contribution < 1.29 is 22.0 Å². The first-order chi connectivity index (χ1) is 12.5. The van der Waals surface area contributed by atoms with Gasteiger partial charge in [0.15, 0.2) is 23.3 Å². The van der Waals surface area contributed by atoms with E-state index in [1.165, 1.54) is 11.8 Å². The van der Waals surface area contributed by atoms with Gasteiger partial charge in [-0.25, -0.2) is 22.0 Å². The van der Waals surface area contributed by atoms with Crippen LogP contribution in [0.2, 0.25) is 0 Å². The molecule has 3 rings (SSSR count). The van der Waals surface area contributed by atoms with Crippen molar-refractivity contribution in [3.05, 3.63) is 83.7 Å². The van der Waals surface area contributed by atoms with Crippen molar-refractivity contribution in [2.75, 3.05) is 6.26 Å². The number of thioether (sulfide) groups is 1. The molecule has 1 unspecified atom stereocenters. The molecule has 7 heteroatoms. The van der Waals surface area contributed by atoms with E-state index < -0.39 is 42.3 Å². The van der Waals surface area contributed by atoms with Gasteiger partial charge in [-0.15, -0.1) is 11.8 Å². The van der Waals surface area contributed by atoms with E-state index in [0.29, 0.717) is 15.5 Å². The predicted molar refractivity (Wildman–Crippen MR) is 96.7 cm³/mol. The number of hydrogen-bond acceptors (Lipinski definition) is 1. The monoisotopic (exact) mass is 398 g/mol. The average molecular weight is 398 g/mol. The summed E-state index contributed by atoms with van der Waals surface area (Å²) in [6.45, 7) is 0. The van der Waals surface area contributed by atoms with E-state index >= 15 is 0 Å². The smallest absolute Gasteiger partial charge is 0.200 e. The summed E-state index contributed by atoms with van der Waals surface area (Å²) in [6.07, 6.45) is 1.79. The average Bonchev–Trinajstić information content (AvgIpc) is 2.69. The van der Waals surface area contributed by atoms with Crippen LogP contribution in [0.15, 0.2) is 59.5 Å². The Bertz CT molecular complexity index is 917. The van der Waals surface area contributed by atoms with Crippen LogP contribution in [0.5, 0.6) is 0 Å². The molecule has 0 heterocycles. The second-order valence-corrected chi connectivity index (χ2v) is 8.23. The Kier molecular flexibility index (Phi) is 5.64. The van der Waals surface area contributed by atoms with Crippen molar-refractivity contribution >= 4 is 35.6 Å². The molecule has 0 aliphatic heterocycles. The molecule has 134 valence electrons. The van der Waals surface area contributed by atoms with Gasteiger partial charge in [-0.1, -0.05) is 48.5 Å². The van der Waals surface area contributed by atoms with Crippen LogP contribution < -0.4 is 15.9 Å². The van der Waals surface area contributed by atoms with Crippen LogP contribution in [0.1, 0.15) is 0 Å². The first-order valence-corrected chi connectivity index (χ1v) is 10.0. The lowest BCUT2D eigenvalue weighted by atomic mass is 10.3. The molecule has 0 spiro atoms. The zero-order valence-corrected chi connectivity index (χ0v) is 15.2. The van der Waals surface area contributed by atoms with Crippen molar-refractivity contribution in [3.8, 4) is 0 Å². The van der Waals surface area contributed by atoms with Gasteiger partial charge >= 0.3 is 0 Å². The van der Waals surface area contributed by atoms with E-state index in [0.717, 1.165) is 0 Å². The summed E-state index contributed by atoms with van der Waals surface area (Å²) in [4.78, 5) is 0.714. The maximum absolute atomic E-state index is 14.5. The molecule has 0 aromatic heterocycles. The normalized spacial score (nSPS) is 12.2. The molecule has 0 amide bonds. The number of halogens is 5. The summed E-state index contributed by atoms with van der Waals surface area (Å²) in [5, 5.41) is 0.237. The van der Waals surface area contributed by atoms with E-state index in [1.54, 1.807) is 60.9 Å². The second kappa shape index (κ2) is 7.77. The molecule has 0 fully saturated rings. The van der Waals surface area contributed by atoms with Crippen molar-refractivity contribution in [2.45, 2.75) is 4.90 Å². The first-order valence-electron chi connectivity index (χ1n) is 7.47. The molecule has 0 aliphatic rings. The highest BCUT2D eigenvalue weighted by molar-refractivity contribution is 7.99. The minimum atomic E-state index is -2.15. The number of benzene rings is 3. The molecule has 0 aliphatic carbocycles. The zero-order valence-electron chi connectivity index (χ0n) is 13.4. The Morgan fingerprint density at radius 2 is 1.15 bits per heavy atom. The maximum atomic E-state index is 14.5. The molecule has 0 saturated carbocycles. The van der Waals surface area contributed by atoms with Gasteiger partial charge in [-0.3, -0.25) is 0 Å². The largest absolute Gasteiger partial charge is 0.203 e. The molecule has 26 heavy (non-hydrogen) atoms. The molecule has 0 radical (unpaired) electrons. The predicted octanol–water partition coefficient (Wildman–Crippen LogP) is 4.86. The van der Waals surface area contributed by atoms with Gasteiger partial charge in [0.2, 0.25) is 5.82 Å². The number of rotatable bonds is 4. The van der Waals surface area contributed by atoms with Gasteiger partial charge < -0.3 is 0 Å². The fourth-order valence-electron chi connectivity index (χ4n) is 2.57. The third kappa shape index (κ3) is 3.24. The van der Waals surface area contributed by atoms with E-state index in [4.69, 9.17) is 0 Å². The molecule has 0 bridgehead atoms. The third-order valence-electron chi connectivity index (χ3n) is 3.75. The van der Waals surface area contributed by atoms with Crippen LogP contribution in [0, 0.1) is 29.1 Å². The Balaban J connectivity index is 2.38. The fourth-order valence-corrected chi connectivity index (χ4v) is 5.98. The van der Waals surface area contributed by atoms with Crippen LogP contribution in [0.25, 0.3) is 0 Å². The third-order valence-corrected chi connectivity index (χ3v) is 7.22. The van der Waals surface area contributed by atoms with Gasteiger partial charge in [0.05, 0.1) is 5.30 Å². The van der Waals surface area contributed by atoms with Crippen molar-refractivity contribution in [1.29, 1.82) is 0 Å². The van der Waals surface area contributed by atoms with Crippen LogP contribution >= 0.6 is 19.7 Å². The summed E-state index contributed by atoms with van der Waals surface area (Å²) >= 11 is 1.35. The van der Waals surface area contributed by atoms with Crippen LogP contribution in [-0.2, 0) is 0 Å². The summed E-state index contributed by atoms with van der Waals surface area (Å²) in [6, 6.07) is 15.1. The summed E-state index contributed by atoms with van der Waals surface area (Å²) in [7, 11) is -1.98. The minimum Gasteiger partial charge on any atom is -0.203 e. The van der Waals surface area contributed by atoms with E-state index in [-0.39, 0.29) is 0 Å². The van der Waals surface area contributed by atoms with Gasteiger partial charge in [-0.05, 0) is 30.9 Å². The molecular weight excluding hydrogens is 386 g/mol. The lowest BCUT2D eigenvalue weighted by Crippen LogP contribution is -2.29. The minimum absolute atomic E-state index is 0.493. The number of hydrogen-bond donors (Lipinski definition) is 0. The van der Waals surface area contributed by atoms with E-state index in [1.807, 2.05) is 0 Å². The summed E-state index contributed by atoms with van der Waals surface area (Å²) < 4.78 is 70.2. The molecule has 0 N–H and O–H groups in total. The standard InChI is InChI=1S/C19H12F5PS/c1-26-13-10-6-5-9-12(13)25(11-7-3-2-4-8-11)19-17(23)15(21)14(20)16(22)18(19)24/h2-10H,1H3. The Morgan fingerprint density at radius 1 is 0.654 bits per heavy atom. The second-order valence-electron chi connectivity index (χ2n) is 5.26.